The van der Waals surface area contributed by atoms with Crippen LogP contribution in [0, 0.1) is 0 Å². The third-order valence-electron chi connectivity index (χ3n) is 4.75. The predicted octanol–water partition coefficient (Wildman–Crippen LogP) is 4.36. The molecule has 0 aromatic heterocycles. The molecule has 3 rings (SSSR count). The molecular formula is C22H25NO3. The highest BCUT2D eigenvalue weighted by molar-refractivity contribution is 6.08. The highest BCUT2D eigenvalue weighted by atomic mass is 16.5. The van der Waals surface area contributed by atoms with E-state index < -0.39 is 0 Å². The minimum atomic E-state index is -0.153. The Balaban J connectivity index is 2.20. The van der Waals surface area contributed by atoms with Crippen molar-refractivity contribution < 1.29 is 14.3 Å². The van der Waals surface area contributed by atoms with Crippen LogP contribution in [0.25, 0.3) is 11.1 Å². The molecule has 1 amide bonds. The van der Waals surface area contributed by atoms with E-state index in [1.165, 1.54) is 0 Å². The van der Waals surface area contributed by atoms with Crippen LogP contribution < -0.4 is 9.64 Å². The highest BCUT2D eigenvalue weighted by Gasteiger charge is 2.29. The molecular weight excluding hydrogens is 326 g/mol. The molecule has 1 saturated heterocycles. The quantitative estimate of drug-likeness (QED) is 0.772. The lowest BCUT2D eigenvalue weighted by Crippen LogP contribution is -2.39. The molecule has 1 aliphatic heterocycles. The molecule has 0 bridgehead atoms. The minimum Gasteiger partial charge on any atom is -0.496 e. The molecule has 0 radical (unpaired) electrons. The van der Waals surface area contributed by atoms with Crippen molar-refractivity contribution in [2.24, 2.45) is 0 Å². The summed E-state index contributed by atoms with van der Waals surface area (Å²) in [5.74, 6) is 0.706. The van der Waals surface area contributed by atoms with Gasteiger partial charge in [0.2, 0.25) is 5.91 Å². The first kappa shape index (κ1) is 18.2. The van der Waals surface area contributed by atoms with E-state index in [0.717, 1.165) is 28.1 Å². The second-order valence-corrected chi connectivity index (χ2v) is 7.70. The summed E-state index contributed by atoms with van der Waals surface area (Å²) in [6, 6.07) is 14.1. The zero-order valence-electron chi connectivity index (χ0n) is 15.8. The highest BCUT2D eigenvalue weighted by Crippen LogP contribution is 2.42. The third-order valence-corrected chi connectivity index (χ3v) is 4.75. The normalized spacial score (nSPS) is 15.3. The number of carbonyl (C=O) groups excluding carboxylic acids is 2. The summed E-state index contributed by atoms with van der Waals surface area (Å²) >= 11 is 0. The Morgan fingerprint density at radius 2 is 1.73 bits per heavy atom. The van der Waals surface area contributed by atoms with Crippen molar-refractivity contribution in [1.29, 1.82) is 0 Å². The van der Waals surface area contributed by atoms with Crippen molar-refractivity contribution in [3.8, 4) is 16.9 Å². The van der Waals surface area contributed by atoms with Gasteiger partial charge in [-0.1, -0.05) is 51.1 Å². The van der Waals surface area contributed by atoms with Gasteiger partial charge in [0.05, 0.1) is 13.5 Å². The summed E-state index contributed by atoms with van der Waals surface area (Å²) in [6.45, 7) is 6.82. The van der Waals surface area contributed by atoms with E-state index in [2.05, 4.69) is 20.8 Å². The number of ether oxygens (including phenoxy) is 1. The average Bonchev–Trinajstić information content (AvgIpc) is 2.60. The molecule has 0 saturated carbocycles. The Morgan fingerprint density at radius 1 is 1.04 bits per heavy atom. The first-order valence-electron chi connectivity index (χ1n) is 8.91. The standard InChI is InChI=1S/C22H25NO3/c1-22(2,3)19-13-16(23-11-10-17(24)14-20(23)25)12-18(21(19)26-4)15-8-6-5-7-9-15/h5-9,12-13H,10-11,14H2,1-4H3. The number of piperidine rings is 1. The van der Waals surface area contributed by atoms with Crippen molar-refractivity contribution in [2.75, 3.05) is 18.6 Å². The van der Waals surface area contributed by atoms with Gasteiger partial charge in [0.15, 0.2) is 0 Å². The lowest BCUT2D eigenvalue weighted by Gasteiger charge is -2.30. The Hall–Kier alpha value is -2.62. The van der Waals surface area contributed by atoms with Crippen LogP contribution in [0.3, 0.4) is 0 Å². The maximum atomic E-state index is 12.4. The Labute approximate surface area is 154 Å². The molecule has 0 atom stereocenters. The van der Waals surface area contributed by atoms with Crippen LogP contribution in [0.2, 0.25) is 0 Å². The summed E-state index contributed by atoms with van der Waals surface area (Å²) in [6.07, 6.45) is 0.390. The summed E-state index contributed by atoms with van der Waals surface area (Å²) < 4.78 is 5.79. The number of anilines is 1. The van der Waals surface area contributed by atoms with Crippen LogP contribution in [0.5, 0.6) is 5.75 Å². The number of methoxy groups -OCH3 is 1. The van der Waals surface area contributed by atoms with Crippen LogP contribution in [-0.4, -0.2) is 25.3 Å². The first-order valence-corrected chi connectivity index (χ1v) is 8.91. The van der Waals surface area contributed by atoms with Gasteiger partial charge in [0.1, 0.15) is 11.5 Å². The molecule has 2 aromatic carbocycles. The molecule has 136 valence electrons. The largest absolute Gasteiger partial charge is 0.496 e. The molecule has 0 spiro atoms. The molecule has 0 N–H and O–H groups in total. The van der Waals surface area contributed by atoms with Crippen LogP contribution >= 0.6 is 0 Å². The van der Waals surface area contributed by atoms with Crippen LogP contribution in [-0.2, 0) is 15.0 Å². The van der Waals surface area contributed by atoms with Gasteiger partial charge in [-0.3, -0.25) is 9.59 Å². The second-order valence-electron chi connectivity index (χ2n) is 7.70. The summed E-state index contributed by atoms with van der Waals surface area (Å²) in [4.78, 5) is 25.8. The number of hydrogen-bond donors (Lipinski definition) is 0. The van der Waals surface area contributed by atoms with Crippen LogP contribution in [0.15, 0.2) is 42.5 Å². The molecule has 26 heavy (non-hydrogen) atoms. The molecule has 4 nitrogen and oxygen atoms in total. The van der Waals surface area contributed by atoms with Gasteiger partial charge in [0, 0.05) is 29.8 Å². The molecule has 0 unspecified atom stereocenters. The number of amides is 1. The van der Waals surface area contributed by atoms with Gasteiger partial charge in [-0.2, -0.15) is 0 Å². The topological polar surface area (TPSA) is 46.6 Å². The van der Waals surface area contributed by atoms with E-state index in [1.807, 2.05) is 42.5 Å². The smallest absolute Gasteiger partial charge is 0.234 e. The fourth-order valence-electron chi connectivity index (χ4n) is 3.37. The van der Waals surface area contributed by atoms with Gasteiger partial charge < -0.3 is 9.64 Å². The number of carbonyl (C=O) groups is 2. The molecule has 1 fully saturated rings. The minimum absolute atomic E-state index is 0.0130. The Bertz CT molecular complexity index is 834. The van der Waals surface area contributed by atoms with Crippen molar-refractivity contribution in [1.82, 2.24) is 0 Å². The number of ketones is 1. The van der Waals surface area contributed by atoms with E-state index in [4.69, 9.17) is 4.74 Å². The summed E-state index contributed by atoms with van der Waals surface area (Å²) in [5, 5.41) is 0. The summed E-state index contributed by atoms with van der Waals surface area (Å²) in [7, 11) is 1.68. The van der Waals surface area contributed by atoms with E-state index >= 15 is 0 Å². The van der Waals surface area contributed by atoms with Gasteiger partial charge >= 0.3 is 0 Å². The number of Topliss-reactive ketones (excluding diaryl/α,β-unsaturated/α-hetero) is 1. The lowest BCUT2D eigenvalue weighted by molar-refractivity contribution is -0.128. The number of hydrogen-bond acceptors (Lipinski definition) is 3. The fourth-order valence-corrected chi connectivity index (χ4v) is 3.37. The molecule has 0 aliphatic carbocycles. The molecule has 4 heteroatoms. The zero-order chi connectivity index (χ0) is 18.9. The van der Waals surface area contributed by atoms with E-state index in [-0.39, 0.29) is 23.5 Å². The average molecular weight is 351 g/mol. The maximum absolute atomic E-state index is 12.4. The molecule has 1 heterocycles. The zero-order valence-corrected chi connectivity index (χ0v) is 15.8. The van der Waals surface area contributed by atoms with Crippen molar-refractivity contribution >= 4 is 17.4 Å². The summed E-state index contributed by atoms with van der Waals surface area (Å²) in [5.41, 5.74) is 3.71. The number of nitrogens with zero attached hydrogens (tertiary/aromatic N) is 1. The van der Waals surface area contributed by atoms with Gasteiger partial charge in [-0.15, -0.1) is 0 Å². The van der Waals surface area contributed by atoms with Gasteiger partial charge in [0.25, 0.3) is 0 Å². The predicted molar refractivity (Wildman–Crippen MR) is 104 cm³/mol. The SMILES string of the molecule is COc1c(-c2ccccc2)cc(N2CCC(=O)CC2=O)cc1C(C)(C)C. The third kappa shape index (κ3) is 3.50. The van der Waals surface area contributed by atoms with Gasteiger partial charge in [-0.25, -0.2) is 0 Å². The lowest BCUT2D eigenvalue weighted by atomic mass is 9.83. The van der Waals surface area contributed by atoms with Crippen LogP contribution in [0.4, 0.5) is 5.69 Å². The fraction of sp³-hybridized carbons (Fsp3) is 0.364. The first-order chi connectivity index (χ1) is 12.3. The van der Waals surface area contributed by atoms with Crippen LogP contribution in [0.1, 0.15) is 39.2 Å². The van der Waals surface area contributed by atoms with E-state index in [0.29, 0.717) is 13.0 Å². The van der Waals surface area contributed by atoms with Crippen molar-refractivity contribution in [3.63, 3.8) is 0 Å². The maximum Gasteiger partial charge on any atom is 0.234 e. The Kier molecular flexibility index (Phi) is 4.86. The molecule has 1 aliphatic rings. The monoisotopic (exact) mass is 351 g/mol. The van der Waals surface area contributed by atoms with E-state index in [1.54, 1.807) is 12.0 Å². The molecule has 2 aromatic rings. The van der Waals surface area contributed by atoms with Gasteiger partial charge in [-0.05, 0) is 23.1 Å². The van der Waals surface area contributed by atoms with Crippen molar-refractivity contribution in [3.05, 3.63) is 48.0 Å². The van der Waals surface area contributed by atoms with E-state index in [9.17, 15) is 9.59 Å². The second kappa shape index (κ2) is 6.94. The van der Waals surface area contributed by atoms with Crippen molar-refractivity contribution in [2.45, 2.75) is 39.0 Å². The number of rotatable bonds is 3. The Morgan fingerprint density at radius 3 is 2.31 bits per heavy atom. The number of benzene rings is 2.